The summed E-state index contributed by atoms with van der Waals surface area (Å²) in [6, 6.07) is 16.3. The first-order valence-electron chi connectivity index (χ1n) is 10.6. The second-order valence-electron chi connectivity index (χ2n) is 9.13. The molecule has 2 aromatic rings. The molecule has 2 bridgehead atoms. The summed E-state index contributed by atoms with van der Waals surface area (Å²) >= 11 is 0. The second-order valence-corrected chi connectivity index (χ2v) is 9.13. The van der Waals surface area contributed by atoms with Crippen LogP contribution in [0, 0.1) is 19.8 Å². The van der Waals surface area contributed by atoms with Gasteiger partial charge in [-0.2, -0.15) is 0 Å². The zero-order valence-electron chi connectivity index (χ0n) is 17.2. The summed E-state index contributed by atoms with van der Waals surface area (Å²) in [6.07, 6.45) is 3.64. The number of piperidine rings is 3. The van der Waals surface area contributed by atoms with Crippen LogP contribution in [-0.2, 0) is 5.60 Å². The molecule has 0 unspecified atom stereocenters. The lowest BCUT2D eigenvalue weighted by molar-refractivity contribution is -0.952. The first-order valence-corrected chi connectivity index (χ1v) is 10.6. The number of benzene rings is 2. The number of aryl methyl sites for hydroxylation is 2. The molecule has 28 heavy (non-hydrogen) atoms. The highest BCUT2D eigenvalue weighted by Crippen LogP contribution is 2.46. The Kier molecular flexibility index (Phi) is 5.15. The van der Waals surface area contributed by atoms with Gasteiger partial charge in [-0.25, -0.2) is 0 Å². The molecule has 0 aromatic heterocycles. The van der Waals surface area contributed by atoms with E-state index in [2.05, 4.69) is 31.2 Å². The number of rotatable bonds is 6. The van der Waals surface area contributed by atoms with E-state index in [1.807, 2.05) is 31.2 Å². The fourth-order valence-electron chi connectivity index (χ4n) is 5.32. The number of carbonyl (C=O) groups is 1. The van der Waals surface area contributed by atoms with E-state index in [1.165, 1.54) is 11.1 Å². The van der Waals surface area contributed by atoms with Crippen LogP contribution in [0.1, 0.15) is 52.7 Å². The minimum atomic E-state index is -0.717. The van der Waals surface area contributed by atoms with E-state index in [-0.39, 0.29) is 5.78 Å². The molecule has 3 saturated heterocycles. The van der Waals surface area contributed by atoms with Gasteiger partial charge in [0.1, 0.15) is 12.1 Å². The van der Waals surface area contributed by atoms with Crippen molar-refractivity contribution >= 4 is 5.78 Å². The molecule has 3 aliphatic rings. The molecule has 3 fully saturated rings. The van der Waals surface area contributed by atoms with Crippen LogP contribution in [0.3, 0.4) is 0 Å². The molecule has 0 aliphatic carbocycles. The Morgan fingerprint density at radius 2 is 1.57 bits per heavy atom. The van der Waals surface area contributed by atoms with E-state index in [0.717, 1.165) is 61.1 Å². The number of hydrogen-bond acceptors (Lipinski definition) is 2. The Morgan fingerprint density at radius 1 is 1.00 bits per heavy atom. The number of hydrogen-bond donors (Lipinski definition) is 1. The zero-order chi connectivity index (χ0) is 19.8. The topological polar surface area (TPSA) is 37.3 Å². The molecule has 0 spiro atoms. The third-order valence-electron chi connectivity index (χ3n) is 7.12. The average Bonchev–Trinajstić information content (AvgIpc) is 2.69. The van der Waals surface area contributed by atoms with Gasteiger partial charge in [0.25, 0.3) is 0 Å². The highest BCUT2D eigenvalue weighted by molar-refractivity contribution is 5.96. The SMILES string of the molecule is Cc1ccc(C(=O)CCC[N+]23CCC(CC2)[C@@](O)(c2ccc(C)cc2)C3)cc1. The van der Waals surface area contributed by atoms with Crippen LogP contribution in [0.25, 0.3) is 0 Å². The van der Waals surface area contributed by atoms with Crippen molar-refractivity contribution in [2.45, 2.75) is 45.1 Å². The summed E-state index contributed by atoms with van der Waals surface area (Å²) in [5.41, 5.74) is 3.58. The van der Waals surface area contributed by atoms with Gasteiger partial charge in [0.15, 0.2) is 5.78 Å². The number of fused-ring (bicyclic) bond motifs is 3. The molecule has 0 radical (unpaired) electrons. The van der Waals surface area contributed by atoms with Crippen LogP contribution >= 0.6 is 0 Å². The molecule has 1 atom stereocenters. The van der Waals surface area contributed by atoms with Crippen molar-refractivity contribution in [1.29, 1.82) is 0 Å². The molecule has 0 saturated carbocycles. The summed E-state index contributed by atoms with van der Waals surface area (Å²) in [5, 5.41) is 11.6. The molecule has 1 N–H and O–H groups in total. The molecule has 3 aliphatic heterocycles. The summed E-state index contributed by atoms with van der Waals surface area (Å²) in [4.78, 5) is 12.5. The van der Waals surface area contributed by atoms with Gasteiger partial charge in [0.05, 0.1) is 19.6 Å². The van der Waals surface area contributed by atoms with Gasteiger partial charge in [-0.15, -0.1) is 0 Å². The minimum Gasteiger partial charge on any atom is -0.379 e. The van der Waals surface area contributed by atoms with Crippen LogP contribution in [0.2, 0.25) is 0 Å². The number of ketones is 1. The van der Waals surface area contributed by atoms with E-state index >= 15 is 0 Å². The summed E-state index contributed by atoms with van der Waals surface area (Å²) in [7, 11) is 0. The van der Waals surface area contributed by atoms with Crippen molar-refractivity contribution in [3.8, 4) is 0 Å². The normalized spacial score (nSPS) is 29.0. The largest absolute Gasteiger partial charge is 0.379 e. The minimum absolute atomic E-state index is 0.235. The Hall–Kier alpha value is -1.97. The van der Waals surface area contributed by atoms with E-state index in [0.29, 0.717) is 12.3 Å². The Morgan fingerprint density at radius 3 is 2.18 bits per heavy atom. The van der Waals surface area contributed by atoms with Gasteiger partial charge < -0.3 is 9.59 Å². The zero-order valence-corrected chi connectivity index (χ0v) is 17.2. The highest BCUT2D eigenvalue weighted by Gasteiger charge is 2.54. The third-order valence-corrected chi connectivity index (χ3v) is 7.12. The number of aliphatic hydroxyl groups is 1. The van der Waals surface area contributed by atoms with Crippen LogP contribution in [0.15, 0.2) is 48.5 Å². The summed E-state index contributed by atoms with van der Waals surface area (Å²) in [5.74, 6) is 0.600. The first kappa shape index (κ1) is 19.4. The first-order chi connectivity index (χ1) is 13.4. The fourth-order valence-corrected chi connectivity index (χ4v) is 5.32. The highest BCUT2D eigenvalue weighted by atomic mass is 16.3. The summed E-state index contributed by atoms with van der Waals surface area (Å²) in [6.45, 7) is 8.18. The van der Waals surface area contributed by atoms with Crippen molar-refractivity contribution in [1.82, 2.24) is 0 Å². The van der Waals surface area contributed by atoms with Crippen LogP contribution in [0.4, 0.5) is 0 Å². The van der Waals surface area contributed by atoms with Crippen molar-refractivity contribution in [2.24, 2.45) is 5.92 Å². The fraction of sp³-hybridized carbons (Fsp3) is 0.480. The van der Waals surface area contributed by atoms with E-state index < -0.39 is 5.60 Å². The number of nitrogens with zero attached hydrogens (tertiary/aromatic N) is 1. The Labute approximate surface area is 168 Å². The second kappa shape index (κ2) is 7.46. The van der Waals surface area contributed by atoms with Crippen LogP contribution in [0.5, 0.6) is 0 Å². The Balaban J connectivity index is 1.42. The van der Waals surface area contributed by atoms with Gasteiger partial charge in [0.2, 0.25) is 0 Å². The molecule has 3 heteroatoms. The predicted octanol–water partition coefficient (Wildman–Crippen LogP) is 4.39. The van der Waals surface area contributed by atoms with Crippen LogP contribution < -0.4 is 0 Å². The van der Waals surface area contributed by atoms with Crippen molar-refractivity contribution in [3.63, 3.8) is 0 Å². The number of quaternary nitrogens is 1. The van der Waals surface area contributed by atoms with Crippen molar-refractivity contribution < 1.29 is 14.4 Å². The lowest BCUT2D eigenvalue weighted by Gasteiger charge is -2.56. The quantitative estimate of drug-likeness (QED) is 0.598. The van der Waals surface area contributed by atoms with Crippen LogP contribution in [-0.4, -0.2) is 41.6 Å². The maximum absolute atomic E-state index is 12.5. The molecule has 2 aromatic carbocycles. The third kappa shape index (κ3) is 3.66. The maximum Gasteiger partial charge on any atom is 0.163 e. The number of carbonyl (C=O) groups excluding carboxylic acids is 1. The standard InChI is InChI=1S/C25H32NO2/c1-19-5-9-21(10-6-19)24(27)4-3-15-26-16-13-23(14-17-26)25(28,18-26)22-11-7-20(2)8-12-22/h5-12,23,28H,3-4,13-18H2,1-2H3/q+1/t23?,25-,26?/m0/s1. The van der Waals surface area contributed by atoms with Crippen molar-refractivity contribution in [2.75, 3.05) is 26.2 Å². The van der Waals surface area contributed by atoms with E-state index in [1.54, 1.807) is 0 Å². The lowest BCUT2D eigenvalue weighted by Crippen LogP contribution is -2.67. The molecule has 3 nitrogen and oxygen atoms in total. The van der Waals surface area contributed by atoms with E-state index in [4.69, 9.17) is 0 Å². The maximum atomic E-state index is 12.5. The van der Waals surface area contributed by atoms with Crippen molar-refractivity contribution in [3.05, 3.63) is 70.8 Å². The van der Waals surface area contributed by atoms with Gasteiger partial charge in [-0.3, -0.25) is 4.79 Å². The molecule has 0 amide bonds. The van der Waals surface area contributed by atoms with Gasteiger partial charge >= 0.3 is 0 Å². The summed E-state index contributed by atoms with van der Waals surface area (Å²) < 4.78 is 0.960. The molecule has 5 rings (SSSR count). The van der Waals surface area contributed by atoms with Gasteiger partial charge in [-0.1, -0.05) is 59.7 Å². The number of Topliss-reactive ketones (excluding diaryl/α,β-unsaturated/α-hetero) is 1. The smallest absolute Gasteiger partial charge is 0.163 e. The Bertz CT molecular complexity index is 832. The monoisotopic (exact) mass is 378 g/mol. The lowest BCUT2D eigenvalue weighted by atomic mass is 9.70. The van der Waals surface area contributed by atoms with Gasteiger partial charge in [-0.05, 0) is 19.4 Å². The van der Waals surface area contributed by atoms with Gasteiger partial charge in [0, 0.05) is 37.2 Å². The molecular weight excluding hydrogens is 346 g/mol. The molecule has 3 heterocycles. The molecule has 148 valence electrons. The average molecular weight is 379 g/mol. The predicted molar refractivity (Wildman–Crippen MR) is 112 cm³/mol. The van der Waals surface area contributed by atoms with E-state index in [9.17, 15) is 9.90 Å². The molecular formula is C25H32NO2+.